The maximum Gasteiger partial charge on any atom is 0.269 e. The molecular formula is C25H28ClN3O4S. The highest BCUT2D eigenvalue weighted by Gasteiger charge is 2.48. The second-order valence-corrected chi connectivity index (χ2v) is 10.2. The molecule has 1 N–H and O–H groups in total. The van der Waals surface area contributed by atoms with E-state index < -0.39 is 10.7 Å². The van der Waals surface area contributed by atoms with E-state index in [1.54, 1.807) is 12.1 Å². The van der Waals surface area contributed by atoms with Gasteiger partial charge in [-0.15, -0.1) is 0 Å². The van der Waals surface area contributed by atoms with Gasteiger partial charge in [0.15, 0.2) is 0 Å². The van der Waals surface area contributed by atoms with Gasteiger partial charge in [-0.3, -0.25) is 15.0 Å². The number of non-ortho nitro benzene ring substituents is 1. The fourth-order valence-electron chi connectivity index (χ4n) is 5.88. The zero-order valence-corrected chi connectivity index (χ0v) is 20.6. The fourth-order valence-corrected chi connectivity index (χ4v) is 6.40. The van der Waals surface area contributed by atoms with Crippen LogP contribution in [0.4, 0.5) is 5.69 Å². The van der Waals surface area contributed by atoms with Crippen LogP contribution in [0.25, 0.3) is 0 Å². The quantitative estimate of drug-likeness (QED) is 0.351. The molecule has 0 amide bonds. The molecule has 7 nitrogen and oxygen atoms in total. The minimum absolute atomic E-state index is 0.00672. The summed E-state index contributed by atoms with van der Waals surface area (Å²) in [7, 11) is 2.20. The molecule has 0 spiro atoms. The molecule has 2 aromatic carbocycles. The first-order valence-electron chi connectivity index (χ1n) is 11.7. The lowest BCUT2D eigenvalue weighted by atomic mass is 9.76. The summed E-state index contributed by atoms with van der Waals surface area (Å²) in [5.74, 6) is -0.668. The minimum atomic E-state index is -1.11. The van der Waals surface area contributed by atoms with Gasteiger partial charge in [0, 0.05) is 40.7 Å². The number of ether oxygens (including phenoxy) is 2. The molecule has 2 aromatic rings. The van der Waals surface area contributed by atoms with Crippen molar-refractivity contribution in [1.29, 1.82) is 0 Å². The number of piperidine rings is 1. The first-order chi connectivity index (χ1) is 16.4. The fraction of sp³-hybridized carbons (Fsp3) is 0.480. The van der Waals surface area contributed by atoms with Crippen LogP contribution in [-0.2, 0) is 15.3 Å². The SMILES string of the molecule is CN1[C@H]2CC[C@@H]1[C@@H](C(=S)NCC1(c3cccc([N+](=O)[O-])c3)OCCO1)[C@@H](c1ccc(Cl)cc1)C2. The molecule has 3 aliphatic heterocycles. The summed E-state index contributed by atoms with van der Waals surface area (Å²) in [5.41, 5.74) is 1.88. The second-order valence-electron chi connectivity index (χ2n) is 9.36. The number of nitrogens with zero attached hydrogens (tertiary/aromatic N) is 2. The monoisotopic (exact) mass is 501 g/mol. The molecule has 0 aromatic heterocycles. The molecule has 4 atom stereocenters. The molecule has 0 unspecified atom stereocenters. The van der Waals surface area contributed by atoms with Crippen LogP contribution in [0.1, 0.15) is 36.3 Å². The van der Waals surface area contributed by atoms with Crippen molar-refractivity contribution < 1.29 is 14.4 Å². The number of hydrogen-bond acceptors (Lipinski definition) is 6. The molecule has 0 saturated carbocycles. The summed E-state index contributed by atoms with van der Waals surface area (Å²) in [4.78, 5) is 14.2. The van der Waals surface area contributed by atoms with E-state index in [9.17, 15) is 10.1 Å². The van der Waals surface area contributed by atoms with Crippen molar-refractivity contribution in [1.82, 2.24) is 10.2 Å². The van der Waals surface area contributed by atoms with Gasteiger partial charge < -0.3 is 14.8 Å². The van der Waals surface area contributed by atoms with Gasteiger partial charge in [-0.25, -0.2) is 0 Å². The van der Waals surface area contributed by atoms with E-state index in [0.29, 0.717) is 36.8 Å². The number of nitro groups is 1. The van der Waals surface area contributed by atoms with Gasteiger partial charge in [-0.05, 0) is 49.9 Å². The van der Waals surface area contributed by atoms with Gasteiger partial charge in [0.2, 0.25) is 5.79 Å². The van der Waals surface area contributed by atoms with E-state index >= 15 is 0 Å². The number of nitro benzene ring substituents is 1. The summed E-state index contributed by atoms with van der Waals surface area (Å²) in [6.45, 7) is 1.12. The highest BCUT2D eigenvalue weighted by atomic mass is 35.5. The lowest BCUT2D eigenvalue weighted by Gasteiger charge is -2.44. The Morgan fingerprint density at radius 1 is 1.24 bits per heavy atom. The largest absolute Gasteiger partial charge is 0.374 e. The van der Waals surface area contributed by atoms with Gasteiger partial charge in [0.25, 0.3) is 5.69 Å². The summed E-state index contributed by atoms with van der Waals surface area (Å²) >= 11 is 12.2. The van der Waals surface area contributed by atoms with Crippen molar-refractivity contribution in [3.63, 3.8) is 0 Å². The van der Waals surface area contributed by atoms with Gasteiger partial charge in [-0.2, -0.15) is 0 Å². The average Bonchev–Trinajstić information content (AvgIpc) is 3.40. The van der Waals surface area contributed by atoms with Crippen LogP contribution in [0.2, 0.25) is 5.02 Å². The number of rotatable bonds is 6. The summed E-state index contributed by atoms with van der Waals surface area (Å²) in [5, 5.41) is 15.5. The lowest BCUT2D eigenvalue weighted by Crippen LogP contribution is -2.52. The van der Waals surface area contributed by atoms with E-state index in [-0.39, 0.29) is 18.2 Å². The van der Waals surface area contributed by atoms with Crippen molar-refractivity contribution in [3.8, 4) is 0 Å². The Balaban J connectivity index is 1.39. The van der Waals surface area contributed by atoms with Crippen molar-refractivity contribution >= 4 is 34.5 Å². The molecule has 34 heavy (non-hydrogen) atoms. The van der Waals surface area contributed by atoms with Crippen LogP contribution >= 0.6 is 23.8 Å². The maximum atomic E-state index is 11.3. The van der Waals surface area contributed by atoms with E-state index in [4.69, 9.17) is 33.3 Å². The minimum Gasteiger partial charge on any atom is -0.374 e. The molecular weight excluding hydrogens is 474 g/mol. The molecule has 2 bridgehead atoms. The Labute approximate surface area is 209 Å². The number of nitrogens with one attached hydrogen (secondary N) is 1. The molecule has 5 rings (SSSR count). The van der Waals surface area contributed by atoms with Crippen molar-refractivity contribution in [2.45, 2.75) is 43.1 Å². The maximum absolute atomic E-state index is 11.3. The molecule has 0 radical (unpaired) electrons. The van der Waals surface area contributed by atoms with Crippen molar-refractivity contribution in [3.05, 3.63) is 74.8 Å². The second kappa shape index (κ2) is 9.51. The van der Waals surface area contributed by atoms with Crippen molar-refractivity contribution in [2.24, 2.45) is 5.92 Å². The third kappa shape index (κ3) is 4.33. The van der Waals surface area contributed by atoms with Crippen LogP contribution in [0.15, 0.2) is 48.5 Å². The van der Waals surface area contributed by atoms with Crippen LogP contribution in [0.3, 0.4) is 0 Å². The highest BCUT2D eigenvalue weighted by molar-refractivity contribution is 7.80. The third-order valence-corrected chi connectivity index (χ3v) is 8.28. The smallest absolute Gasteiger partial charge is 0.269 e. The molecule has 3 fully saturated rings. The Morgan fingerprint density at radius 2 is 1.97 bits per heavy atom. The predicted octanol–water partition coefficient (Wildman–Crippen LogP) is 4.63. The number of benzene rings is 2. The molecule has 3 aliphatic rings. The first-order valence-corrected chi connectivity index (χ1v) is 12.4. The third-order valence-electron chi connectivity index (χ3n) is 7.62. The van der Waals surface area contributed by atoms with Crippen LogP contribution in [0.5, 0.6) is 0 Å². The van der Waals surface area contributed by atoms with Gasteiger partial charge >= 0.3 is 0 Å². The summed E-state index contributed by atoms with van der Waals surface area (Å²) < 4.78 is 12.0. The molecule has 0 aliphatic carbocycles. The van der Waals surface area contributed by atoms with Crippen LogP contribution in [0, 0.1) is 16.0 Å². The number of hydrogen-bond donors (Lipinski definition) is 1. The number of fused-ring (bicyclic) bond motifs is 2. The van der Waals surface area contributed by atoms with E-state index in [1.807, 2.05) is 12.1 Å². The topological polar surface area (TPSA) is 76.9 Å². The Morgan fingerprint density at radius 3 is 2.68 bits per heavy atom. The number of thiocarbonyl (C=S) groups is 1. The Hall–Kier alpha value is -2.10. The van der Waals surface area contributed by atoms with Gasteiger partial charge in [-0.1, -0.05) is 48.1 Å². The lowest BCUT2D eigenvalue weighted by molar-refractivity contribution is -0.385. The van der Waals surface area contributed by atoms with E-state index in [2.05, 4.69) is 29.4 Å². The van der Waals surface area contributed by atoms with Crippen LogP contribution in [-0.4, -0.2) is 53.7 Å². The van der Waals surface area contributed by atoms with Crippen molar-refractivity contribution in [2.75, 3.05) is 26.8 Å². The Bertz CT molecular complexity index is 1080. The first kappa shape index (κ1) is 23.6. The van der Waals surface area contributed by atoms with Crippen LogP contribution < -0.4 is 5.32 Å². The normalized spacial score (nSPS) is 28.1. The highest BCUT2D eigenvalue weighted by Crippen LogP contribution is 2.47. The zero-order chi connectivity index (χ0) is 23.9. The standard InChI is InChI=1S/C25H28ClN3O4S/c1-28-19-9-10-22(28)23(21(14-19)16-5-7-18(26)8-6-16)24(34)27-15-25(32-11-12-33-25)17-3-2-4-20(13-17)29(30)31/h2-8,13,19,21-23H,9-12,14-15H2,1H3,(H,27,34)/t19-,21+,22+,23-/m0/s1. The summed E-state index contributed by atoms with van der Waals surface area (Å²) in [6.07, 6.45) is 3.33. The predicted molar refractivity (Wildman–Crippen MR) is 134 cm³/mol. The molecule has 3 saturated heterocycles. The Kier molecular flexibility index (Phi) is 6.61. The zero-order valence-electron chi connectivity index (χ0n) is 19.0. The average molecular weight is 502 g/mol. The molecule has 180 valence electrons. The molecule has 9 heteroatoms. The van der Waals surface area contributed by atoms with E-state index in [0.717, 1.165) is 22.9 Å². The van der Waals surface area contributed by atoms with E-state index in [1.165, 1.54) is 24.1 Å². The summed E-state index contributed by atoms with van der Waals surface area (Å²) in [6, 6.07) is 15.5. The van der Waals surface area contributed by atoms with Gasteiger partial charge in [0.1, 0.15) is 0 Å². The number of halogens is 1. The van der Waals surface area contributed by atoms with Gasteiger partial charge in [0.05, 0.1) is 29.7 Å². The molecule has 3 heterocycles.